The van der Waals surface area contributed by atoms with Crippen LogP contribution >= 0.6 is 31.9 Å². The third-order valence-corrected chi connectivity index (χ3v) is 4.05. The van der Waals surface area contributed by atoms with E-state index in [2.05, 4.69) is 31.9 Å². The van der Waals surface area contributed by atoms with Gasteiger partial charge in [-0.05, 0) is 17.7 Å². The Kier molecular flexibility index (Phi) is 3.54. The van der Waals surface area contributed by atoms with Crippen molar-refractivity contribution < 1.29 is 8.42 Å². The highest BCUT2D eigenvalue weighted by Gasteiger charge is 2.08. The zero-order valence-corrected chi connectivity index (χ0v) is 10.9. The van der Waals surface area contributed by atoms with Crippen LogP contribution in [0.3, 0.4) is 0 Å². The molecule has 72 valence electrons. The molecule has 0 spiro atoms. The Labute approximate surface area is 94.5 Å². The number of hydrogen-bond donors (Lipinski definition) is 0. The van der Waals surface area contributed by atoms with Crippen LogP contribution in [0.1, 0.15) is 5.56 Å². The summed E-state index contributed by atoms with van der Waals surface area (Å²) in [6.45, 7) is 0. The molecule has 0 aromatic heterocycles. The van der Waals surface area contributed by atoms with E-state index in [1.165, 1.54) is 6.26 Å². The molecule has 1 aromatic carbocycles. The van der Waals surface area contributed by atoms with Crippen molar-refractivity contribution in [3.8, 4) is 0 Å². The Bertz CT molecular complexity index is 412. The van der Waals surface area contributed by atoms with Gasteiger partial charge in [-0.3, -0.25) is 0 Å². The Morgan fingerprint density at radius 3 is 2.38 bits per heavy atom. The Hall–Kier alpha value is 0.130. The fourth-order valence-electron chi connectivity index (χ4n) is 0.867. The SMILES string of the molecule is CS(=O)(=O)c1ccc(CBr)c(Br)c1. The number of halogens is 2. The fraction of sp³-hybridized carbons (Fsp3) is 0.250. The second kappa shape index (κ2) is 4.11. The van der Waals surface area contributed by atoms with Gasteiger partial charge in [-0.2, -0.15) is 0 Å². The quantitative estimate of drug-likeness (QED) is 0.783. The molecule has 0 N–H and O–H groups in total. The van der Waals surface area contributed by atoms with Gasteiger partial charge in [0.15, 0.2) is 9.84 Å². The first kappa shape index (κ1) is 11.2. The number of rotatable bonds is 2. The van der Waals surface area contributed by atoms with E-state index in [4.69, 9.17) is 0 Å². The molecule has 0 saturated carbocycles. The van der Waals surface area contributed by atoms with Crippen LogP contribution in [0.25, 0.3) is 0 Å². The molecule has 0 atom stereocenters. The van der Waals surface area contributed by atoms with Gasteiger partial charge in [-0.25, -0.2) is 8.42 Å². The van der Waals surface area contributed by atoms with Crippen molar-refractivity contribution in [2.24, 2.45) is 0 Å². The van der Waals surface area contributed by atoms with Gasteiger partial charge in [0.05, 0.1) is 4.90 Å². The summed E-state index contributed by atoms with van der Waals surface area (Å²) in [5.41, 5.74) is 1.03. The third kappa shape index (κ3) is 2.79. The molecule has 13 heavy (non-hydrogen) atoms. The molecule has 0 fully saturated rings. The van der Waals surface area contributed by atoms with Crippen molar-refractivity contribution >= 4 is 41.7 Å². The van der Waals surface area contributed by atoms with E-state index in [0.29, 0.717) is 10.2 Å². The van der Waals surface area contributed by atoms with Crippen LogP contribution in [-0.4, -0.2) is 14.7 Å². The highest BCUT2D eigenvalue weighted by Crippen LogP contribution is 2.22. The second-order valence-corrected chi connectivity index (χ2v) is 6.09. The second-order valence-electron chi connectivity index (χ2n) is 2.66. The minimum Gasteiger partial charge on any atom is -0.224 e. The monoisotopic (exact) mass is 326 g/mol. The van der Waals surface area contributed by atoms with Crippen molar-refractivity contribution in [1.82, 2.24) is 0 Å². The number of alkyl halides is 1. The van der Waals surface area contributed by atoms with Gasteiger partial charge in [0.1, 0.15) is 0 Å². The van der Waals surface area contributed by atoms with Crippen molar-refractivity contribution in [3.63, 3.8) is 0 Å². The summed E-state index contributed by atoms with van der Waals surface area (Å²) < 4.78 is 23.1. The van der Waals surface area contributed by atoms with Gasteiger partial charge in [-0.15, -0.1) is 0 Å². The van der Waals surface area contributed by atoms with Gasteiger partial charge >= 0.3 is 0 Å². The number of benzene rings is 1. The summed E-state index contributed by atoms with van der Waals surface area (Å²) in [5.74, 6) is 0. The van der Waals surface area contributed by atoms with E-state index in [-0.39, 0.29) is 0 Å². The summed E-state index contributed by atoms with van der Waals surface area (Å²) in [7, 11) is -3.10. The Balaban J connectivity index is 3.26. The lowest BCUT2D eigenvalue weighted by atomic mass is 10.2. The number of hydrogen-bond acceptors (Lipinski definition) is 2. The molecular weight excluding hydrogens is 320 g/mol. The number of sulfone groups is 1. The minimum absolute atomic E-state index is 0.337. The van der Waals surface area contributed by atoms with E-state index in [1.54, 1.807) is 18.2 Å². The Morgan fingerprint density at radius 2 is 2.00 bits per heavy atom. The predicted molar refractivity (Wildman–Crippen MR) is 59.9 cm³/mol. The maximum atomic E-state index is 11.2. The predicted octanol–water partition coefficient (Wildman–Crippen LogP) is 2.75. The van der Waals surface area contributed by atoms with E-state index < -0.39 is 9.84 Å². The summed E-state index contributed by atoms with van der Waals surface area (Å²) in [4.78, 5) is 0.337. The lowest BCUT2D eigenvalue weighted by Gasteiger charge is -2.02. The van der Waals surface area contributed by atoms with Crippen LogP contribution in [0.4, 0.5) is 0 Å². The van der Waals surface area contributed by atoms with Gasteiger partial charge in [0.25, 0.3) is 0 Å². The maximum Gasteiger partial charge on any atom is 0.175 e. The summed E-state index contributed by atoms with van der Waals surface area (Å²) in [6, 6.07) is 5.01. The van der Waals surface area contributed by atoms with Crippen LogP contribution in [0, 0.1) is 0 Å². The van der Waals surface area contributed by atoms with Crippen molar-refractivity contribution in [2.75, 3.05) is 6.26 Å². The van der Waals surface area contributed by atoms with Gasteiger partial charge < -0.3 is 0 Å². The normalized spacial score (nSPS) is 11.6. The van der Waals surface area contributed by atoms with Crippen LogP contribution in [0.2, 0.25) is 0 Å². The van der Waals surface area contributed by atoms with Crippen molar-refractivity contribution in [3.05, 3.63) is 28.2 Å². The smallest absolute Gasteiger partial charge is 0.175 e. The molecule has 0 bridgehead atoms. The van der Waals surface area contributed by atoms with Gasteiger partial charge in [0, 0.05) is 16.1 Å². The van der Waals surface area contributed by atoms with E-state index in [1.807, 2.05) is 0 Å². The molecule has 0 aliphatic carbocycles. The standard InChI is InChI=1S/C8H8Br2O2S/c1-13(11,12)7-3-2-6(5-9)8(10)4-7/h2-4H,5H2,1H3. The van der Waals surface area contributed by atoms with Crippen LogP contribution in [0.5, 0.6) is 0 Å². The summed E-state index contributed by atoms with van der Waals surface area (Å²) in [5, 5.41) is 0.706. The molecule has 2 nitrogen and oxygen atoms in total. The molecule has 5 heteroatoms. The maximum absolute atomic E-state index is 11.2. The van der Waals surface area contributed by atoms with Gasteiger partial charge in [-0.1, -0.05) is 37.9 Å². The van der Waals surface area contributed by atoms with Crippen molar-refractivity contribution in [1.29, 1.82) is 0 Å². The molecule has 1 aromatic rings. The first-order valence-corrected chi connectivity index (χ1v) is 7.30. The molecule has 0 amide bonds. The molecule has 0 unspecified atom stereocenters. The first-order valence-electron chi connectivity index (χ1n) is 3.49. The first-order chi connectivity index (χ1) is 5.95. The molecule has 0 heterocycles. The highest BCUT2D eigenvalue weighted by molar-refractivity contribution is 9.10. The Morgan fingerprint density at radius 1 is 1.38 bits per heavy atom. The topological polar surface area (TPSA) is 34.1 Å². The molecule has 0 saturated heterocycles. The summed E-state index contributed by atoms with van der Waals surface area (Å²) in [6.07, 6.45) is 1.20. The van der Waals surface area contributed by atoms with Crippen LogP contribution in [-0.2, 0) is 15.2 Å². The minimum atomic E-state index is -3.10. The fourth-order valence-corrected chi connectivity index (χ4v) is 3.05. The highest BCUT2D eigenvalue weighted by atomic mass is 79.9. The van der Waals surface area contributed by atoms with Crippen molar-refractivity contribution in [2.45, 2.75) is 10.2 Å². The largest absolute Gasteiger partial charge is 0.224 e. The lowest BCUT2D eigenvalue weighted by molar-refractivity contribution is 0.602. The third-order valence-electron chi connectivity index (χ3n) is 1.60. The zero-order valence-electron chi connectivity index (χ0n) is 6.92. The lowest BCUT2D eigenvalue weighted by Crippen LogP contribution is -1.97. The van der Waals surface area contributed by atoms with Crippen LogP contribution < -0.4 is 0 Å². The molecule has 1 rings (SSSR count). The molecule has 0 aliphatic rings. The zero-order chi connectivity index (χ0) is 10.1. The van der Waals surface area contributed by atoms with Crippen LogP contribution in [0.15, 0.2) is 27.6 Å². The van der Waals surface area contributed by atoms with Gasteiger partial charge in [0.2, 0.25) is 0 Å². The summed E-state index contributed by atoms with van der Waals surface area (Å²) >= 11 is 6.61. The average Bonchev–Trinajstić information content (AvgIpc) is 2.02. The van der Waals surface area contributed by atoms with E-state index >= 15 is 0 Å². The van der Waals surface area contributed by atoms with E-state index in [0.717, 1.165) is 10.0 Å². The molecular formula is C8H8Br2O2S. The molecule has 0 aliphatic heterocycles. The molecule has 0 radical (unpaired) electrons. The van der Waals surface area contributed by atoms with E-state index in [9.17, 15) is 8.42 Å². The average molecular weight is 328 g/mol.